The third-order valence-corrected chi connectivity index (χ3v) is 5.76. The van der Waals surface area contributed by atoms with Gasteiger partial charge in [0.1, 0.15) is 5.60 Å². The molecule has 2 amide bonds. The molecule has 7 heteroatoms. The summed E-state index contributed by atoms with van der Waals surface area (Å²) in [6.45, 7) is 19.6. The minimum Gasteiger partial charge on any atom is -0.480 e. The van der Waals surface area contributed by atoms with Crippen molar-refractivity contribution >= 4 is 18.4 Å². The fraction of sp³-hybridized carbons (Fsp3) is 0.667. The maximum Gasteiger partial charge on any atom is 0.410 e. The number of nitrogens with zero attached hydrogens (tertiary/aromatic N) is 2. The fourth-order valence-electron chi connectivity index (χ4n) is 3.29. The van der Waals surface area contributed by atoms with Crippen molar-refractivity contribution in [2.45, 2.75) is 99.7 Å². The van der Waals surface area contributed by atoms with Crippen LogP contribution in [0.5, 0.6) is 0 Å². The van der Waals surface area contributed by atoms with E-state index >= 15 is 0 Å². The van der Waals surface area contributed by atoms with Gasteiger partial charge in [-0.1, -0.05) is 44.7 Å². The predicted octanol–water partition coefficient (Wildman–Crippen LogP) is 6.82. The lowest BCUT2D eigenvalue weighted by atomic mass is 9.91. The number of amides is 2. The lowest BCUT2D eigenvalue weighted by molar-refractivity contribution is -0.117. The van der Waals surface area contributed by atoms with E-state index in [-0.39, 0.29) is 18.1 Å². The maximum atomic E-state index is 12.6. The third kappa shape index (κ3) is 17.3. The van der Waals surface area contributed by atoms with Crippen LogP contribution in [0.15, 0.2) is 46.8 Å². The van der Waals surface area contributed by atoms with E-state index < -0.39 is 5.60 Å². The molecule has 0 aromatic rings. The maximum absolute atomic E-state index is 12.6. The van der Waals surface area contributed by atoms with Crippen LogP contribution >= 0.6 is 0 Å². The molecular weight excluding hydrogens is 466 g/mol. The van der Waals surface area contributed by atoms with E-state index in [1.165, 1.54) is 12.6 Å². The van der Waals surface area contributed by atoms with Gasteiger partial charge in [-0.2, -0.15) is 0 Å². The first-order valence-electron chi connectivity index (χ1n) is 13.6. The van der Waals surface area contributed by atoms with Crippen molar-refractivity contribution in [3.8, 4) is 0 Å². The van der Waals surface area contributed by atoms with Gasteiger partial charge in [0.05, 0.1) is 17.9 Å². The molecule has 0 saturated carbocycles. The molecule has 7 nitrogen and oxygen atoms in total. The van der Waals surface area contributed by atoms with Crippen LogP contribution < -0.4 is 5.32 Å². The van der Waals surface area contributed by atoms with Crippen molar-refractivity contribution in [1.82, 2.24) is 10.2 Å². The van der Waals surface area contributed by atoms with E-state index in [9.17, 15) is 9.59 Å². The predicted molar refractivity (Wildman–Crippen MR) is 154 cm³/mol. The zero-order valence-corrected chi connectivity index (χ0v) is 24.7. The van der Waals surface area contributed by atoms with Crippen LogP contribution in [0.3, 0.4) is 0 Å². The number of nitrogens with one attached hydrogen (secondary N) is 1. The largest absolute Gasteiger partial charge is 0.480 e. The highest BCUT2D eigenvalue weighted by Gasteiger charge is 2.22. The van der Waals surface area contributed by atoms with E-state index in [2.05, 4.69) is 42.0 Å². The Morgan fingerprint density at radius 2 is 1.76 bits per heavy atom. The third-order valence-electron chi connectivity index (χ3n) is 5.76. The molecule has 0 heterocycles. The van der Waals surface area contributed by atoms with E-state index in [0.29, 0.717) is 43.5 Å². The minimum atomic E-state index is -0.525. The van der Waals surface area contributed by atoms with Crippen molar-refractivity contribution in [2.24, 2.45) is 16.8 Å². The van der Waals surface area contributed by atoms with E-state index in [1.54, 1.807) is 17.1 Å². The quantitative estimate of drug-likeness (QED) is 0.0608. The second kappa shape index (κ2) is 19.3. The highest BCUT2D eigenvalue weighted by Crippen LogP contribution is 2.16. The summed E-state index contributed by atoms with van der Waals surface area (Å²) in [6, 6.07) is 0. The van der Waals surface area contributed by atoms with Gasteiger partial charge in [0.15, 0.2) is 6.40 Å². The summed E-state index contributed by atoms with van der Waals surface area (Å²) in [5.74, 6) is 0.717. The van der Waals surface area contributed by atoms with E-state index in [1.807, 2.05) is 48.5 Å². The van der Waals surface area contributed by atoms with Crippen molar-refractivity contribution in [2.75, 3.05) is 19.6 Å². The number of rotatable bonds is 16. The van der Waals surface area contributed by atoms with Crippen LogP contribution in [-0.4, -0.2) is 54.6 Å². The number of carbonyl (C=O) groups excluding carboxylic acids is 2. The lowest BCUT2D eigenvalue weighted by Gasteiger charge is -2.27. The minimum absolute atomic E-state index is 0.141. The molecular formula is C30H51N3O4. The molecule has 37 heavy (non-hydrogen) atoms. The molecule has 0 aliphatic carbocycles. The van der Waals surface area contributed by atoms with Crippen LogP contribution in [0, 0.1) is 11.8 Å². The highest BCUT2D eigenvalue weighted by atomic mass is 16.6. The number of ether oxygens (including phenoxy) is 2. The second-order valence-corrected chi connectivity index (χ2v) is 10.5. The summed E-state index contributed by atoms with van der Waals surface area (Å²) in [4.78, 5) is 30.8. The van der Waals surface area contributed by atoms with Crippen molar-refractivity contribution < 1.29 is 19.1 Å². The van der Waals surface area contributed by atoms with Gasteiger partial charge in [-0.3, -0.25) is 4.79 Å². The summed E-state index contributed by atoms with van der Waals surface area (Å²) >= 11 is 0. The normalized spacial score (nSPS) is 14.3. The van der Waals surface area contributed by atoms with Crippen LogP contribution in [0.25, 0.3) is 0 Å². The van der Waals surface area contributed by atoms with Crippen LogP contribution in [-0.2, 0) is 14.3 Å². The SMILES string of the molecule is C/C=C\CCC(C)C(C)CNC(=O)C(=C=CN=COC(C)CCN(CCC)C(=O)OC(C)(C)C)/C=C\C. The molecule has 0 fully saturated rings. The van der Waals surface area contributed by atoms with Crippen molar-refractivity contribution in [3.63, 3.8) is 0 Å². The Hall–Kier alpha value is -2.79. The van der Waals surface area contributed by atoms with Crippen LogP contribution in [0.1, 0.15) is 88.0 Å². The summed E-state index contributed by atoms with van der Waals surface area (Å²) in [5, 5.41) is 3.01. The van der Waals surface area contributed by atoms with Gasteiger partial charge >= 0.3 is 6.09 Å². The Bertz CT molecular complexity index is 817. The first kappa shape index (κ1) is 34.2. The van der Waals surface area contributed by atoms with E-state index in [4.69, 9.17) is 9.47 Å². The first-order valence-corrected chi connectivity index (χ1v) is 13.6. The van der Waals surface area contributed by atoms with Gasteiger partial charge < -0.3 is 19.7 Å². The molecule has 0 aliphatic rings. The Balaban J connectivity index is 4.81. The number of allylic oxidation sites excluding steroid dienone is 3. The average Bonchev–Trinajstić information content (AvgIpc) is 2.82. The molecule has 0 spiro atoms. The Kier molecular flexibility index (Phi) is 17.9. The molecule has 0 rings (SSSR count). The molecule has 0 aromatic heterocycles. The molecule has 0 bridgehead atoms. The Morgan fingerprint density at radius 1 is 1.05 bits per heavy atom. The number of carbonyl (C=O) groups is 2. The summed E-state index contributed by atoms with van der Waals surface area (Å²) in [7, 11) is 0. The number of hydrogen-bond donors (Lipinski definition) is 1. The topological polar surface area (TPSA) is 80.2 Å². The molecule has 0 radical (unpaired) electrons. The molecule has 210 valence electrons. The standard InChI is InChI=1S/C30H51N3O4/c1-10-13-14-16-24(4)25(5)22-32-28(34)27(15-11-2)17-19-31-23-36-26(6)18-21-33(20-12-3)29(35)37-30(7,8)9/h10-11,13,15,19,23-26H,12,14,16,18,20-22H2,1-9H3,(H,32,34)/b13-10-,15-11-,31-23?. The molecule has 0 aliphatic heterocycles. The van der Waals surface area contributed by atoms with Gasteiger partial charge in [-0.15, -0.1) is 0 Å². The van der Waals surface area contributed by atoms with Gasteiger partial charge in [0.25, 0.3) is 5.91 Å². The summed E-state index contributed by atoms with van der Waals surface area (Å²) in [6.07, 6.45) is 13.7. The molecule has 0 aromatic carbocycles. The van der Waals surface area contributed by atoms with E-state index in [0.717, 1.165) is 19.3 Å². The number of hydrogen-bond acceptors (Lipinski definition) is 5. The van der Waals surface area contributed by atoms with Crippen molar-refractivity contribution in [3.05, 3.63) is 41.8 Å². The Labute approximate surface area is 225 Å². The molecule has 1 N–H and O–H groups in total. The zero-order valence-electron chi connectivity index (χ0n) is 24.7. The van der Waals surface area contributed by atoms with Gasteiger partial charge in [-0.05, 0) is 78.7 Å². The first-order chi connectivity index (χ1) is 17.4. The Morgan fingerprint density at radius 3 is 2.35 bits per heavy atom. The summed E-state index contributed by atoms with van der Waals surface area (Å²) in [5.41, 5.74) is 2.82. The van der Waals surface area contributed by atoms with Crippen molar-refractivity contribution in [1.29, 1.82) is 0 Å². The number of aliphatic imine (C=N–C) groups is 1. The highest BCUT2D eigenvalue weighted by molar-refractivity contribution is 5.95. The van der Waals surface area contributed by atoms with Gasteiger partial charge in [0.2, 0.25) is 0 Å². The monoisotopic (exact) mass is 517 g/mol. The average molecular weight is 518 g/mol. The molecule has 3 unspecified atom stereocenters. The lowest BCUT2D eigenvalue weighted by Crippen LogP contribution is -2.38. The fourth-order valence-corrected chi connectivity index (χ4v) is 3.29. The smallest absolute Gasteiger partial charge is 0.410 e. The second-order valence-electron chi connectivity index (χ2n) is 10.5. The van der Waals surface area contributed by atoms with Crippen LogP contribution in [0.2, 0.25) is 0 Å². The van der Waals surface area contributed by atoms with Crippen LogP contribution in [0.4, 0.5) is 4.79 Å². The van der Waals surface area contributed by atoms with Gasteiger partial charge in [0, 0.05) is 26.1 Å². The summed E-state index contributed by atoms with van der Waals surface area (Å²) < 4.78 is 11.1. The van der Waals surface area contributed by atoms with Gasteiger partial charge in [-0.25, -0.2) is 9.79 Å². The molecule has 0 saturated heterocycles. The zero-order chi connectivity index (χ0) is 28.3. The molecule has 3 atom stereocenters.